The van der Waals surface area contributed by atoms with Crippen LogP contribution in [0.4, 0.5) is 26.4 Å². The molecule has 11 nitrogen and oxygen atoms in total. The van der Waals surface area contributed by atoms with Gasteiger partial charge in [-0.3, -0.25) is 5.10 Å². The van der Waals surface area contributed by atoms with Gasteiger partial charge in [-0.2, -0.15) is 5.10 Å². The molecule has 1 atom stereocenters. The number of urea groups is 1. The lowest BCUT2D eigenvalue weighted by Gasteiger charge is -2.34. The molecule has 3 heterocycles. The Kier molecular flexibility index (Phi) is 6.36. The minimum absolute atomic E-state index is 0.0263. The molecule has 0 unspecified atom stereocenters. The Labute approximate surface area is 213 Å². The maximum atomic E-state index is 15.1. The number of nitrogens with zero attached hydrogens (tertiary/aromatic N) is 4. The van der Waals surface area contributed by atoms with E-state index < -0.39 is 26.4 Å². The Hall–Kier alpha value is -3.58. The maximum absolute atomic E-state index is 15.1. The molecule has 2 aliphatic rings. The van der Waals surface area contributed by atoms with E-state index in [2.05, 4.69) is 30.8 Å². The highest BCUT2D eigenvalue weighted by molar-refractivity contribution is 7.91. The molecular weight excluding hydrogens is 501 g/mol. The van der Waals surface area contributed by atoms with E-state index in [4.69, 9.17) is 4.74 Å². The summed E-state index contributed by atoms with van der Waals surface area (Å²) in [7, 11) is -3.43. The number of hydrogen-bond donors (Lipinski definition) is 3. The fourth-order valence-corrected chi connectivity index (χ4v) is 5.79. The fraction of sp³-hybridized carbons (Fsp3) is 0.417. The van der Waals surface area contributed by atoms with Crippen LogP contribution in [0.15, 0.2) is 30.5 Å². The van der Waals surface area contributed by atoms with Crippen LogP contribution in [0.2, 0.25) is 0 Å². The lowest BCUT2D eigenvalue weighted by molar-refractivity contribution is 0.0985. The molecule has 5 rings (SSSR count). The molecule has 196 valence electrons. The van der Waals surface area contributed by atoms with Gasteiger partial charge in [0.05, 0.1) is 42.0 Å². The molecule has 0 radical (unpaired) electrons. The van der Waals surface area contributed by atoms with E-state index in [1.165, 1.54) is 24.6 Å². The maximum Gasteiger partial charge on any atom is 0.323 e. The number of morpholine rings is 1. The number of rotatable bonds is 6. The van der Waals surface area contributed by atoms with Crippen LogP contribution in [0.25, 0.3) is 11.4 Å². The lowest BCUT2D eigenvalue weighted by atomic mass is 10.1. The van der Waals surface area contributed by atoms with Gasteiger partial charge in [-0.1, -0.05) is 0 Å². The number of halogens is 1. The largest absolute Gasteiger partial charge is 0.377 e. The summed E-state index contributed by atoms with van der Waals surface area (Å²) in [6.07, 6.45) is 3.69. The van der Waals surface area contributed by atoms with E-state index >= 15 is 4.39 Å². The number of hydrogen-bond acceptors (Lipinski definition) is 8. The van der Waals surface area contributed by atoms with Crippen molar-refractivity contribution in [1.29, 1.82) is 0 Å². The van der Waals surface area contributed by atoms with Gasteiger partial charge in [-0.15, -0.1) is 0 Å². The number of amides is 2. The predicted molar refractivity (Wildman–Crippen MR) is 137 cm³/mol. The van der Waals surface area contributed by atoms with Crippen LogP contribution in [0.1, 0.15) is 31.2 Å². The Morgan fingerprint density at radius 3 is 2.59 bits per heavy atom. The van der Waals surface area contributed by atoms with Gasteiger partial charge in [0, 0.05) is 30.6 Å². The summed E-state index contributed by atoms with van der Waals surface area (Å²) in [4.78, 5) is 23.6. The minimum atomic E-state index is -3.43. The number of nitrogens with one attached hydrogen (secondary N) is 3. The average molecular weight is 530 g/mol. The molecule has 13 heteroatoms. The molecule has 1 aliphatic heterocycles. The lowest BCUT2D eigenvalue weighted by Crippen LogP contribution is -2.44. The van der Waals surface area contributed by atoms with Crippen LogP contribution in [0.5, 0.6) is 0 Å². The van der Waals surface area contributed by atoms with Gasteiger partial charge in [0.2, 0.25) is 0 Å². The van der Waals surface area contributed by atoms with Crippen molar-refractivity contribution in [3.8, 4) is 11.4 Å². The number of sulfone groups is 1. The van der Waals surface area contributed by atoms with Crippen molar-refractivity contribution in [2.75, 3.05) is 41.5 Å². The summed E-state index contributed by atoms with van der Waals surface area (Å²) < 4.78 is 44.8. The van der Waals surface area contributed by atoms with E-state index in [0.29, 0.717) is 61.1 Å². The fourth-order valence-electron chi connectivity index (χ4n) is 4.46. The van der Waals surface area contributed by atoms with Gasteiger partial charge in [-0.05, 0) is 44.9 Å². The zero-order valence-electron chi connectivity index (χ0n) is 20.7. The van der Waals surface area contributed by atoms with Crippen molar-refractivity contribution in [1.82, 2.24) is 20.2 Å². The molecule has 2 fully saturated rings. The van der Waals surface area contributed by atoms with E-state index in [1.54, 1.807) is 19.1 Å². The summed E-state index contributed by atoms with van der Waals surface area (Å²) in [6, 6.07) is 5.37. The minimum Gasteiger partial charge on any atom is -0.377 e. The Morgan fingerprint density at radius 2 is 1.97 bits per heavy atom. The number of carbonyl (C=O) groups excluding carboxylic acids is 1. The molecule has 1 saturated heterocycles. The van der Waals surface area contributed by atoms with Crippen molar-refractivity contribution in [3.05, 3.63) is 47.7 Å². The summed E-state index contributed by atoms with van der Waals surface area (Å²) in [5.41, 5.74) is 1.81. The van der Waals surface area contributed by atoms with E-state index in [0.717, 1.165) is 0 Å². The first kappa shape index (κ1) is 25.1. The van der Waals surface area contributed by atoms with Crippen molar-refractivity contribution in [2.45, 2.75) is 37.5 Å². The topological polar surface area (TPSA) is 142 Å². The number of aromatic nitrogens is 4. The first-order chi connectivity index (χ1) is 17.6. The third-order valence-corrected chi connectivity index (χ3v) is 8.85. The Morgan fingerprint density at radius 1 is 1.22 bits per heavy atom. The Balaban J connectivity index is 1.47. The summed E-state index contributed by atoms with van der Waals surface area (Å²) in [6.45, 7) is 5.34. The van der Waals surface area contributed by atoms with Crippen LogP contribution in [-0.4, -0.2) is 66.7 Å². The third-order valence-electron chi connectivity index (χ3n) is 6.81. The van der Waals surface area contributed by atoms with Crippen molar-refractivity contribution in [3.63, 3.8) is 0 Å². The number of anilines is 3. The van der Waals surface area contributed by atoms with Gasteiger partial charge < -0.3 is 20.3 Å². The highest BCUT2D eigenvalue weighted by atomic mass is 32.2. The molecule has 37 heavy (non-hydrogen) atoms. The zero-order valence-corrected chi connectivity index (χ0v) is 21.5. The molecular formula is C24H28FN7O4S. The van der Waals surface area contributed by atoms with Gasteiger partial charge >= 0.3 is 6.03 Å². The molecule has 2 amide bonds. The number of aromatic amines is 1. The molecule has 1 saturated carbocycles. The van der Waals surface area contributed by atoms with Crippen molar-refractivity contribution >= 4 is 33.1 Å². The first-order valence-corrected chi connectivity index (χ1v) is 13.8. The second-order valence-corrected chi connectivity index (χ2v) is 11.8. The van der Waals surface area contributed by atoms with Gasteiger partial charge in [0.1, 0.15) is 16.4 Å². The van der Waals surface area contributed by atoms with E-state index in [-0.39, 0.29) is 17.6 Å². The predicted octanol–water partition coefficient (Wildman–Crippen LogP) is 3.22. The standard InChI is InChI=1S/C24H28FN7O4S/c1-14-13-36-9-8-32(14)21-11-20(24(6-7-24)37(3,34)35)29-22(30-21)16-4-5-18(17(25)10-16)27-23(33)28-19-12-26-31-15(19)2/h4-5,10-12,14H,6-9,13H2,1-3H3,(H,26,31)(H2,27,28,33)/t14-/m0/s1. The van der Waals surface area contributed by atoms with Crippen LogP contribution in [-0.2, 0) is 19.3 Å². The van der Waals surface area contributed by atoms with Gasteiger partial charge in [0.25, 0.3) is 0 Å². The number of ether oxygens (including phenoxy) is 1. The number of aryl methyl sites for hydroxylation is 1. The molecule has 3 N–H and O–H groups in total. The summed E-state index contributed by atoms with van der Waals surface area (Å²) in [5.74, 6) is 0.101. The van der Waals surface area contributed by atoms with Crippen LogP contribution < -0.4 is 15.5 Å². The zero-order chi connectivity index (χ0) is 26.4. The normalized spacial score (nSPS) is 18.9. The molecule has 1 aromatic carbocycles. The average Bonchev–Trinajstić information content (AvgIpc) is 3.59. The van der Waals surface area contributed by atoms with E-state index in [9.17, 15) is 13.2 Å². The smallest absolute Gasteiger partial charge is 0.323 e. The quantitative estimate of drug-likeness (QED) is 0.442. The SMILES string of the molecule is Cc1n[nH]cc1NC(=O)Nc1ccc(-c2nc(N3CCOC[C@@H]3C)cc(C3(S(C)(=O)=O)CC3)n2)cc1F. The van der Waals surface area contributed by atoms with Crippen LogP contribution in [0.3, 0.4) is 0 Å². The first-order valence-electron chi connectivity index (χ1n) is 11.9. The summed E-state index contributed by atoms with van der Waals surface area (Å²) in [5, 5.41) is 11.6. The third kappa shape index (κ3) is 4.88. The van der Waals surface area contributed by atoms with Crippen molar-refractivity contribution in [2.24, 2.45) is 0 Å². The number of H-pyrrole nitrogens is 1. The molecule has 2 aromatic heterocycles. The van der Waals surface area contributed by atoms with Crippen LogP contribution in [0, 0.1) is 12.7 Å². The van der Waals surface area contributed by atoms with Crippen molar-refractivity contribution < 1.29 is 22.3 Å². The number of benzene rings is 1. The molecule has 3 aromatic rings. The number of carbonyl (C=O) groups is 1. The monoisotopic (exact) mass is 529 g/mol. The summed E-state index contributed by atoms with van der Waals surface area (Å²) >= 11 is 0. The van der Waals surface area contributed by atoms with Gasteiger partial charge in [0.15, 0.2) is 15.7 Å². The van der Waals surface area contributed by atoms with E-state index in [1.807, 2.05) is 11.8 Å². The highest BCUT2D eigenvalue weighted by Gasteiger charge is 2.55. The van der Waals surface area contributed by atoms with Gasteiger partial charge in [-0.25, -0.2) is 27.6 Å². The molecule has 0 spiro atoms. The Bertz CT molecular complexity index is 1460. The second-order valence-electron chi connectivity index (χ2n) is 9.48. The molecule has 1 aliphatic carbocycles. The van der Waals surface area contributed by atoms with Crippen LogP contribution >= 0.6 is 0 Å². The highest BCUT2D eigenvalue weighted by Crippen LogP contribution is 2.52. The second kappa shape index (κ2) is 9.38. The molecule has 0 bridgehead atoms.